The van der Waals surface area contributed by atoms with Crippen molar-refractivity contribution in [3.63, 3.8) is 0 Å². The summed E-state index contributed by atoms with van der Waals surface area (Å²) in [5.74, 6) is -0.964. The summed E-state index contributed by atoms with van der Waals surface area (Å²) in [6, 6.07) is 4.25. The predicted octanol–water partition coefficient (Wildman–Crippen LogP) is 1.14. The van der Waals surface area contributed by atoms with Gasteiger partial charge in [0, 0.05) is 17.2 Å². The van der Waals surface area contributed by atoms with Crippen molar-refractivity contribution in [1.82, 2.24) is 0 Å². The first kappa shape index (κ1) is 9.45. The number of methoxy groups -OCH3 is 1. The van der Waals surface area contributed by atoms with Crippen LogP contribution in [0.2, 0.25) is 0 Å². The molecule has 1 aliphatic carbocycles. The maximum Gasteiger partial charge on any atom is 0.233 e. The smallest absolute Gasteiger partial charge is 0.233 e. The van der Waals surface area contributed by atoms with Crippen molar-refractivity contribution in [2.75, 3.05) is 7.11 Å². The van der Waals surface area contributed by atoms with Crippen LogP contribution in [0.15, 0.2) is 24.3 Å². The normalized spacial score (nSPS) is 14.6. The summed E-state index contributed by atoms with van der Waals surface area (Å²) in [6.07, 6.45) is 1.15. The number of phenolic OH excluding ortho intramolecular Hbond substituents is 1. The minimum atomic E-state index is -0.634. The second kappa shape index (κ2) is 3.24. The number of Topliss-reactive ketones (excluding diaryl/α,β-unsaturated/α-hetero) is 1. The molecule has 0 bridgehead atoms. The van der Waals surface area contributed by atoms with E-state index in [0.29, 0.717) is 11.3 Å². The van der Waals surface area contributed by atoms with Gasteiger partial charge in [0.05, 0.1) is 7.11 Å². The van der Waals surface area contributed by atoms with Crippen molar-refractivity contribution in [2.24, 2.45) is 0 Å². The molecule has 2 rings (SSSR count). The lowest BCUT2D eigenvalue weighted by Gasteiger charge is -2.14. The third-order valence-corrected chi connectivity index (χ3v) is 2.22. The van der Waals surface area contributed by atoms with Gasteiger partial charge in [0.15, 0.2) is 0 Å². The van der Waals surface area contributed by atoms with Crippen molar-refractivity contribution in [2.45, 2.75) is 0 Å². The largest absolute Gasteiger partial charge is 0.508 e. The van der Waals surface area contributed by atoms with E-state index < -0.39 is 11.6 Å². The van der Waals surface area contributed by atoms with Gasteiger partial charge in [-0.3, -0.25) is 9.59 Å². The van der Waals surface area contributed by atoms with Gasteiger partial charge in [-0.1, -0.05) is 0 Å². The third kappa shape index (κ3) is 1.40. The minimum Gasteiger partial charge on any atom is -0.508 e. The lowest BCUT2D eigenvalue weighted by atomic mass is 9.94. The number of benzene rings is 1. The van der Waals surface area contributed by atoms with Gasteiger partial charge in [0.2, 0.25) is 11.6 Å². The van der Waals surface area contributed by atoms with Crippen molar-refractivity contribution in [3.8, 4) is 5.75 Å². The molecule has 0 aliphatic heterocycles. The highest BCUT2D eigenvalue weighted by atomic mass is 16.5. The van der Waals surface area contributed by atoms with Gasteiger partial charge in [-0.2, -0.15) is 0 Å². The fourth-order valence-corrected chi connectivity index (χ4v) is 1.50. The number of fused-ring (bicyclic) bond motifs is 1. The predicted molar refractivity (Wildman–Crippen MR) is 52.4 cm³/mol. The molecule has 4 heteroatoms. The molecule has 4 nitrogen and oxygen atoms in total. The van der Waals surface area contributed by atoms with E-state index in [2.05, 4.69) is 0 Å². The van der Waals surface area contributed by atoms with Crippen LogP contribution < -0.4 is 0 Å². The highest BCUT2D eigenvalue weighted by Crippen LogP contribution is 2.28. The Morgan fingerprint density at radius 2 is 1.93 bits per heavy atom. The van der Waals surface area contributed by atoms with Crippen LogP contribution in [0.25, 0.3) is 5.76 Å². The molecule has 1 aromatic rings. The Bertz CT molecular complexity index is 485. The van der Waals surface area contributed by atoms with E-state index in [1.807, 2.05) is 0 Å². The highest BCUT2D eigenvalue weighted by molar-refractivity contribution is 6.50. The molecule has 0 amide bonds. The quantitative estimate of drug-likeness (QED) is 0.697. The van der Waals surface area contributed by atoms with Gasteiger partial charge in [-0.25, -0.2) is 0 Å². The first-order valence-corrected chi connectivity index (χ1v) is 4.31. The van der Waals surface area contributed by atoms with Gasteiger partial charge in [0.1, 0.15) is 11.5 Å². The van der Waals surface area contributed by atoms with E-state index >= 15 is 0 Å². The molecule has 1 aliphatic rings. The monoisotopic (exact) mass is 204 g/mol. The average Bonchev–Trinajstić information content (AvgIpc) is 2.23. The minimum absolute atomic E-state index is 0.0488. The Morgan fingerprint density at radius 3 is 2.60 bits per heavy atom. The number of ether oxygens (including phenoxy) is 1. The Hall–Kier alpha value is -2.10. The topological polar surface area (TPSA) is 63.6 Å². The van der Waals surface area contributed by atoms with Crippen LogP contribution in [-0.2, 0) is 9.53 Å². The fourth-order valence-electron chi connectivity index (χ4n) is 1.50. The number of carbonyl (C=O) groups is 2. The highest BCUT2D eigenvalue weighted by Gasteiger charge is 2.26. The number of hydrogen-bond donors (Lipinski definition) is 1. The average molecular weight is 204 g/mol. The lowest BCUT2D eigenvalue weighted by Crippen LogP contribution is -2.18. The van der Waals surface area contributed by atoms with Gasteiger partial charge >= 0.3 is 0 Å². The number of phenols is 1. The molecular weight excluding hydrogens is 196 g/mol. The molecular formula is C11H8O4. The summed E-state index contributed by atoms with van der Waals surface area (Å²) in [5.41, 5.74) is 0.708. The van der Waals surface area contributed by atoms with E-state index in [1.54, 1.807) is 6.07 Å². The molecule has 0 heterocycles. The lowest BCUT2D eigenvalue weighted by molar-refractivity contribution is -0.111. The van der Waals surface area contributed by atoms with Crippen LogP contribution >= 0.6 is 0 Å². The number of ketones is 2. The van der Waals surface area contributed by atoms with Gasteiger partial charge in [-0.05, 0) is 18.2 Å². The summed E-state index contributed by atoms with van der Waals surface area (Å²) in [7, 11) is 1.42. The van der Waals surface area contributed by atoms with Crippen LogP contribution in [-0.4, -0.2) is 23.8 Å². The van der Waals surface area contributed by atoms with E-state index in [1.165, 1.54) is 19.2 Å². The Balaban J connectivity index is 2.68. The molecule has 15 heavy (non-hydrogen) atoms. The molecule has 0 spiro atoms. The summed E-state index contributed by atoms with van der Waals surface area (Å²) in [4.78, 5) is 22.7. The zero-order chi connectivity index (χ0) is 11.0. The molecule has 76 valence electrons. The van der Waals surface area contributed by atoms with Crippen molar-refractivity contribution in [1.29, 1.82) is 0 Å². The molecule has 0 unspecified atom stereocenters. The van der Waals surface area contributed by atoms with Gasteiger partial charge in [0.25, 0.3) is 0 Å². The van der Waals surface area contributed by atoms with Crippen molar-refractivity contribution in [3.05, 3.63) is 35.4 Å². The summed E-state index contributed by atoms with van der Waals surface area (Å²) < 4.78 is 4.98. The maximum atomic E-state index is 11.5. The molecule has 0 saturated carbocycles. The molecule has 0 radical (unpaired) electrons. The number of hydrogen-bond acceptors (Lipinski definition) is 4. The molecule has 1 N–H and O–H groups in total. The van der Waals surface area contributed by atoms with Crippen LogP contribution in [0.1, 0.15) is 15.9 Å². The second-order valence-electron chi connectivity index (χ2n) is 3.14. The van der Waals surface area contributed by atoms with Crippen molar-refractivity contribution < 1.29 is 19.4 Å². The van der Waals surface area contributed by atoms with E-state index in [4.69, 9.17) is 4.74 Å². The summed E-state index contributed by atoms with van der Waals surface area (Å²) in [5, 5.41) is 9.23. The van der Waals surface area contributed by atoms with Crippen LogP contribution in [0.4, 0.5) is 0 Å². The first-order chi connectivity index (χ1) is 7.13. The summed E-state index contributed by atoms with van der Waals surface area (Å²) in [6.45, 7) is 0. The maximum absolute atomic E-state index is 11.5. The van der Waals surface area contributed by atoms with E-state index in [9.17, 15) is 14.7 Å². The Kier molecular flexibility index (Phi) is 2.04. The summed E-state index contributed by atoms with van der Waals surface area (Å²) >= 11 is 0. The Labute approximate surface area is 85.8 Å². The zero-order valence-corrected chi connectivity index (χ0v) is 7.98. The molecule has 1 aromatic carbocycles. The Morgan fingerprint density at radius 1 is 1.20 bits per heavy atom. The van der Waals surface area contributed by atoms with Gasteiger partial charge in [-0.15, -0.1) is 0 Å². The standard InChI is InChI=1S/C11H8O4/c1-15-10-5-9(13)11(14)8-4-6(12)2-3-7(8)10/h2-5,12H,1H3. The first-order valence-electron chi connectivity index (χ1n) is 4.31. The molecule has 0 atom stereocenters. The van der Waals surface area contributed by atoms with Crippen LogP contribution in [0, 0.1) is 0 Å². The number of allylic oxidation sites excluding steroid dienone is 1. The van der Waals surface area contributed by atoms with E-state index in [0.717, 1.165) is 6.08 Å². The molecule has 0 saturated heterocycles. The molecule has 0 fully saturated rings. The number of aromatic hydroxyl groups is 1. The van der Waals surface area contributed by atoms with Crippen LogP contribution in [0.3, 0.4) is 0 Å². The third-order valence-electron chi connectivity index (χ3n) is 2.22. The number of rotatable bonds is 1. The van der Waals surface area contributed by atoms with Gasteiger partial charge < -0.3 is 9.84 Å². The second-order valence-corrected chi connectivity index (χ2v) is 3.14. The SMILES string of the molecule is COC1=CC(=O)C(=O)c2cc(O)ccc21. The van der Waals surface area contributed by atoms with Crippen molar-refractivity contribution >= 4 is 17.3 Å². The number of carbonyl (C=O) groups excluding carboxylic acids is 2. The van der Waals surface area contributed by atoms with E-state index in [-0.39, 0.29) is 11.3 Å². The van der Waals surface area contributed by atoms with Crippen LogP contribution in [0.5, 0.6) is 5.75 Å². The molecule has 0 aromatic heterocycles. The fraction of sp³-hybridized carbons (Fsp3) is 0.0909. The zero-order valence-electron chi connectivity index (χ0n) is 7.98.